The molecule has 0 aliphatic carbocycles. The van der Waals surface area contributed by atoms with E-state index in [1.54, 1.807) is 30.3 Å². The lowest BCUT2D eigenvalue weighted by molar-refractivity contribution is -0.144. The van der Waals surface area contributed by atoms with Crippen LogP contribution in [0.15, 0.2) is 59.7 Å². The maximum absolute atomic E-state index is 12.6. The van der Waals surface area contributed by atoms with Crippen molar-refractivity contribution in [1.29, 1.82) is 0 Å². The molecule has 1 heterocycles. The van der Waals surface area contributed by atoms with Gasteiger partial charge in [-0.25, -0.2) is 10.2 Å². The molecule has 2 N–H and O–H groups in total. The van der Waals surface area contributed by atoms with E-state index in [4.69, 9.17) is 14.6 Å². The normalized spacial score (nSPS) is 11.9. The van der Waals surface area contributed by atoms with Crippen molar-refractivity contribution in [3.63, 3.8) is 0 Å². The van der Waals surface area contributed by atoms with Gasteiger partial charge in [-0.2, -0.15) is 5.10 Å². The van der Waals surface area contributed by atoms with Crippen LogP contribution in [0.3, 0.4) is 0 Å². The number of carboxylic acids is 1. The van der Waals surface area contributed by atoms with Crippen molar-refractivity contribution in [3.8, 4) is 17.2 Å². The molecule has 1 atom stereocenters. The topological polar surface area (TPSA) is 102 Å². The molecule has 2 aromatic carbocycles. The van der Waals surface area contributed by atoms with E-state index in [1.165, 1.54) is 20.2 Å². The average Bonchev–Trinajstić information content (AvgIpc) is 3.12. The van der Waals surface area contributed by atoms with E-state index in [9.17, 15) is 9.59 Å². The highest BCUT2D eigenvalue weighted by Crippen LogP contribution is 2.31. The maximum atomic E-state index is 12.6. The fourth-order valence-electron chi connectivity index (χ4n) is 3.24. The molecule has 0 fully saturated rings. The molecule has 3 aromatic rings. The van der Waals surface area contributed by atoms with Gasteiger partial charge >= 0.3 is 5.97 Å². The Morgan fingerprint density at radius 1 is 1.09 bits per heavy atom. The van der Waals surface area contributed by atoms with E-state index in [-0.39, 0.29) is 11.7 Å². The minimum Gasteiger partial charge on any atom is -0.493 e. The Hall–Kier alpha value is -4.07. The minimum atomic E-state index is -1.11. The van der Waals surface area contributed by atoms with Crippen molar-refractivity contribution < 1.29 is 24.2 Å². The SMILES string of the molecule is COc1cccc(/C=N\NC(=O)c2cccc(-n3c(C)ccc3C)c2)c1O[C@H](C)C(=O)O. The highest BCUT2D eigenvalue weighted by molar-refractivity contribution is 5.95. The fraction of sp³-hybridized carbons (Fsp3) is 0.208. The zero-order valence-corrected chi connectivity index (χ0v) is 18.3. The van der Waals surface area contributed by atoms with Gasteiger partial charge in [-0.15, -0.1) is 0 Å². The van der Waals surface area contributed by atoms with Crippen LogP contribution in [0.5, 0.6) is 11.5 Å². The second-order valence-electron chi connectivity index (χ2n) is 7.18. The van der Waals surface area contributed by atoms with Crippen molar-refractivity contribution in [2.75, 3.05) is 7.11 Å². The van der Waals surface area contributed by atoms with E-state index >= 15 is 0 Å². The zero-order chi connectivity index (χ0) is 23.3. The molecule has 8 nitrogen and oxygen atoms in total. The van der Waals surface area contributed by atoms with Gasteiger partial charge in [0, 0.05) is 28.2 Å². The third kappa shape index (κ3) is 4.97. The Balaban J connectivity index is 1.79. The first-order valence-corrected chi connectivity index (χ1v) is 9.97. The molecule has 3 rings (SSSR count). The summed E-state index contributed by atoms with van der Waals surface area (Å²) in [5, 5.41) is 13.2. The number of carbonyl (C=O) groups is 2. The molecule has 0 saturated carbocycles. The summed E-state index contributed by atoms with van der Waals surface area (Å²) in [6.45, 7) is 5.42. The monoisotopic (exact) mass is 435 g/mol. The number of hydrazone groups is 1. The summed E-state index contributed by atoms with van der Waals surface area (Å²) in [6.07, 6.45) is 0.297. The van der Waals surface area contributed by atoms with Gasteiger partial charge < -0.3 is 19.1 Å². The van der Waals surface area contributed by atoms with Crippen molar-refractivity contribution in [2.24, 2.45) is 5.10 Å². The molecule has 0 aliphatic heterocycles. The van der Waals surface area contributed by atoms with Gasteiger partial charge in [0.2, 0.25) is 0 Å². The highest BCUT2D eigenvalue weighted by atomic mass is 16.5. The molecular weight excluding hydrogens is 410 g/mol. The van der Waals surface area contributed by atoms with Crippen LogP contribution in [-0.4, -0.2) is 41.0 Å². The first kappa shape index (κ1) is 22.6. The maximum Gasteiger partial charge on any atom is 0.344 e. The molecular formula is C24H25N3O5. The molecule has 32 heavy (non-hydrogen) atoms. The van der Waals surface area contributed by atoms with Crippen LogP contribution in [0.4, 0.5) is 0 Å². The number of nitrogens with zero attached hydrogens (tertiary/aromatic N) is 2. The molecule has 0 saturated heterocycles. The van der Waals surface area contributed by atoms with Crippen LogP contribution in [0.1, 0.15) is 34.2 Å². The van der Waals surface area contributed by atoms with Gasteiger partial charge in [0.25, 0.3) is 5.91 Å². The Kier molecular flexibility index (Phi) is 6.94. The van der Waals surface area contributed by atoms with E-state index < -0.39 is 12.1 Å². The summed E-state index contributed by atoms with van der Waals surface area (Å²) in [5.74, 6) is -0.906. The lowest BCUT2D eigenvalue weighted by Crippen LogP contribution is -2.24. The number of hydrogen-bond acceptors (Lipinski definition) is 5. The number of rotatable bonds is 8. The Labute approximate surface area is 186 Å². The predicted octanol–water partition coefficient (Wildman–Crippen LogP) is 3.72. The van der Waals surface area contributed by atoms with Crippen molar-refractivity contribution in [2.45, 2.75) is 26.9 Å². The Morgan fingerprint density at radius 3 is 2.44 bits per heavy atom. The number of aryl methyl sites for hydroxylation is 2. The van der Waals surface area contributed by atoms with Crippen molar-refractivity contribution >= 4 is 18.1 Å². The summed E-state index contributed by atoms with van der Waals surface area (Å²) >= 11 is 0. The quantitative estimate of drug-likeness (QED) is 0.415. The van der Waals surface area contributed by atoms with Crippen molar-refractivity contribution in [3.05, 3.63) is 77.1 Å². The van der Waals surface area contributed by atoms with E-state index in [2.05, 4.69) is 15.1 Å². The molecule has 166 valence electrons. The number of carboxylic acid groups (broad SMARTS) is 1. The van der Waals surface area contributed by atoms with Crippen LogP contribution in [0, 0.1) is 13.8 Å². The number of aliphatic carboxylic acids is 1. The van der Waals surface area contributed by atoms with E-state index in [1.807, 2.05) is 38.1 Å². The van der Waals surface area contributed by atoms with Gasteiger partial charge in [0.1, 0.15) is 0 Å². The number of aromatic nitrogens is 1. The highest BCUT2D eigenvalue weighted by Gasteiger charge is 2.18. The van der Waals surface area contributed by atoms with Gasteiger partial charge in [-0.3, -0.25) is 4.79 Å². The Morgan fingerprint density at radius 2 is 1.78 bits per heavy atom. The first-order chi connectivity index (χ1) is 15.3. The molecule has 0 aliphatic rings. The second-order valence-corrected chi connectivity index (χ2v) is 7.18. The number of hydrogen-bond donors (Lipinski definition) is 2. The van der Waals surface area contributed by atoms with Gasteiger partial charge in [0.05, 0.1) is 13.3 Å². The summed E-state index contributed by atoms with van der Waals surface area (Å²) in [6, 6.07) is 16.3. The third-order valence-electron chi connectivity index (χ3n) is 4.88. The molecule has 0 unspecified atom stereocenters. The lowest BCUT2D eigenvalue weighted by Gasteiger charge is -2.15. The van der Waals surface area contributed by atoms with Gasteiger partial charge in [-0.05, 0) is 63.2 Å². The van der Waals surface area contributed by atoms with Crippen LogP contribution in [0.2, 0.25) is 0 Å². The summed E-state index contributed by atoms with van der Waals surface area (Å²) in [5.41, 5.74) is 6.43. The smallest absolute Gasteiger partial charge is 0.344 e. The number of carbonyl (C=O) groups excluding carboxylic acids is 1. The van der Waals surface area contributed by atoms with Gasteiger partial charge in [-0.1, -0.05) is 12.1 Å². The van der Waals surface area contributed by atoms with Gasteiger partial charge in [0.15, 0.2) is 17.6 Å². The fourth-order valence-corrected chi connectivity index (χ4v) is 3.24. The van der Waals surface area contributed by atoms with Crippen LogP contribution in [0.25, 0.3) is 5.69 Å². The molecule has 1 amide bonds. The molecule has 8 heteroatoms. The number of amides is 1. The summed E-state index contributed by atoms with van der Waals surface area (Å²) in [4.78, 5) is 23.8. The number of methoxy groups -OCH3 is 1. The first-order valence-electron chi connectivity index (χ1n) is 9.97. The predicted molar refractivity (Wildman–Crippen MR) is 121 cm³/mol. The van der Waals surface area contributed by atoms with Crippen LogP contribution >= 0.6 is 0 Å². The summed E-state index contributed by atoms with van der Waals surface area (Å²) in [7, 11) is 1.46. The number of benzene rings is 2. The summed E-state index contributed by atoms with van der Waals surface area (Å²) < 4.78 is 12.8. The molecule has 1 aromatic heterocycles. The number of nitrogens with one attached hydrogen (secondary N) is 1. The van der Waals surface area contributed by atoms with E-state index in [0.29, 0.717) is 16.9 Å². The number of para-hydroxylation sites is 1. The molecule has 0 spiro atoms. The standard InChI is InChI=1S/C24H25N3O5/c1-15-11-12-16(2)27(15)20-9-5-7-18(13-20)23(28)26-25-14-19-8-6-10-21(31-4)22(19)32-17(3)24(29)30/h5-14,17H,1-4H3,(H,26,28)(H,29,30)/b25-14-/t17-/m1/s1. The number of ether oxygens (including phenoxy) is 2. The van der Waals surface area contributed by atoms with Crippen LogP contribution < -0.4 is 14.9 Å². The largest absolute Gasteiger partial charge is 0.493 e. The lowest BCUT2D eigenvalue weighted by atomic mass is 10.2. The second kappa shape index (κ2) is 9.82. The third-order valence-corrected chi connectivity index (χ3v) is 4.88. The Bertz CT molecular complexity index is 1150. The van der Waals surface area contributed by atoms with Crippen LogP contribution in [-0.2, 0) is 4.79 Å². The molecule has 0 bridgehead atoms. The molecule has 0 radical (unpaired) electrons. The minimum absolute atomic E-state index is 0.225. The van der Waals surface area contributed by atoms with E-state index in [0.717, 1.165) is 17.1 Å². The van der Waals surface area contributed by atoms with Crippen molar-refractivity contribution in [1.82, 2.24) is 9.99 Å². The zero-order valence-electron chi connectivity index (χ0n) is 18.3. The average molecular weight is 435 g/mol.